The fraction of sp³-hybridized carbons (Fsp3) is 0.316. The van der Waals surface area contributed by atoms with Crippen molar-refractivity contribution < 1.29 is 28.7 Å². The zero-order valence-corrected chi connectivity index (χ0v) is 15.9. The number of rotatable bonds is 6. The third-order valence-corrected chi connectivity index (χ3v) is 3.98. The number of carbonyl (C=O) groups is 1. The Kier molecular flexibility index (Phi) is 6.07. The number of amides is 1. The first-order valence-electron chi connectivity index (χ1n) is 8.32. The summed E-state index contributed by atoms with van der Waals surface area (Å²) in [5, 5.41) is 20.8. The van der Waals surface area contributed by atoms with Gasteiger partial charge in [-0.2, -0.15) is 0 Å². The number of nitro benzene ring substituents is 1. The van der Waals surface area contributed by atoms with Crippen LogP contribution in [0.4, 0.5) is 14.9 Å². The normalized spacial score (nSPS) is 11.0. The average molecular weight is 392 g/mol. The maximum absolute atomic E-state index is 14.0. The Balaban J connectivity index is 2.43. The van der Waals surface area contributed by atoms with Gasteiger partial charge in [-0.3, -0.25) is 15.0 Å². The van der Waals surface area contributed by atoms with Crippen LogP contribution in [0.3, 0.4) is 0 Å². The van der Waals surface area contributed by atoms with E-state index in [1.807, 2.05) is 0 Å². The van der Waals surface area contributed by atoms with Gasteiger partial charge in [-0.05, 0) is 45.0 Å². The van der Waals surface area contributed by atoms with Crippen LogP contribution in [0.1, 0.15) is 26.3 Å². The number of nitro groups is 1. The van der Waals surface area contributed by atoms with Crippen molar-refractivity contribution in [1.29, 1.82) is 0 Å². The molecule has 2 aromatic carbocycles. The zero-order chi connectivity index (χ0) is 21.1. The summed E-state index contributed by atoms with van der Waals surface area (Å²) in [6, 6.07) is 7.80. The summed E-state index contributed by atoms with van der Waals surface area (Å²) in [6.07, 6.45) is -1.22. The number of nitrogens with zero attached hydrogens (tertiary/aromatic N) is 2. The predicted molar refractivity (Wildman–Crippen MR) is 99.4 cm³/mol. The lowest BCUT2D eigenvalue weighted by molar-refractivity contribution is -0.385. The van der Waals surface area contributed by atoms with E-state index in [2.05, 4.69) is 0 Å². The SMILES string of the molecule is COc1ccc(F)c(Oc2ccc([N+](=O)[O-])c(CN(C(=O)O)C(C)(C)C)c2)c1. The van der Waals surface area contributed by atoms with Crippen LogP contribution < -0.4 is 9.47 Å². The number of hydrogen-bond acceptors (Lipinski definition) is 5. The first-order chi connectivity index (χ1) is 13.0. The highest BCUT2D eigenvalue weighted by atomic mass is 19.1. The van der Waals surface area contributed by atoms with Crippen molar-refractivity contribution >= 4 is 11.8 Å². The Morgan fingerprint density at radius 2 is 1.86 bits per heavy atom. The van der Waals surface area contributed by atoms with Crippen LogP contribution >= 0.6 is 0 Å². The van der Waals surface area contributed by atoms with Gasteiger partial charge in [0, 0.05) is 17.7 Å². The fourth-order valence-electron chi connectivity index (χ4n) is 2.51. The Morgan fingerprint density at radius 1 is 1.21 bits per heavy atom. The molecule has 0 unspecified atom stereocenters. The molecule has 0 aliphatic carbocycles. The maximum Gasteiger partial charge on any atom is 0.408 e. The van der Waals surface area contributed by atoms with Crippen LogP contribution in [0.2, 0.25) is 0 Å². The maximum atomic E-state index is 14.0. The molecule has 0 aliphatic rings. The second-order valence-corrected chi connectivity index (χ2v) is 6.99. The van der Waals surface area contributed by atoms with Gasteiger partial charge in [0.25, 0.3) is 5.69 Å². The third-order valence-electron chi connectivity index (χ3n) is 3.98. The second kappa shape index (κ2) is 8.12. The smallest absolute Gasteiger partial charge is 0.408 e. The molecule has 2 aromatic rings. The van der Waals surface area contributed by atoms with Gasteiger partial charge >= 0.3 is 6.09 Å². The first kappa shape index (κ1) is 20.9. The van der Waals surface area contributed by atoms with Crippen LogP contribution in [-0.4, -0.2) is 33.7 Å². The minimum absolute atomic E-state index is 0.120. The summed E-state index contributed by atoms with van der Waals surface area (Å²) >= 11 is 0. The quantitative estimate of drug-likeness (QED) is 0.559. The van der Waals surface area contributed by atoms with E-state index in [1.165, 1.54) is 43.5 Å². The van der Waals surface area contributed by atoms with E-state index in [1.54, 1.807) is 20.8 Å². The molecular formula is C19H21FN2O6. The molecule has 0 fully saturated rings. The molecule has 0 saturated heterocycles. The van der Waals surface area contributed by atoms with Gasteiger partial charge in [0.1, 0.15) is 11.5 Å². The van der Waals surface area contributed by atoms with Crippen LogP contribution in [-0.2, 0) is 6.54 Å². The molecule has 0 heterocycles. The van der Waals surface area contributed by atoms with Crippen molar-refractivity contribution in [2.45, 2.75) is 32.9 Å². The molecule has 0 radical (unpaired) electrons. The summed E-state index contributed by atoms with van der Waals surface area (Å²) in [6.45, 7) is 4.81. The van der Waals surface area contributed by atoms with Crippen LogP contribution in [0.5, 0.6) is 17.2 Å². The topological polar surface area (TPSA) is 102 Å². The number of carboxylic acid groups (broad SMARTS) is 1. The van der Waals surface area contributed by atoms with Gasteiger partial charge in [0.2, 0.25) is 0 Å². The van der Waals surface area contributed by atoms with Gasteiger partial charge < -0.3 is 14.6 Å². The third kappa shape index (κ3) is 4.87. The number of benzene rings is 2. The van der Waals surface area contributed by atoms with Crippen LogP contribution in [0.15, 0.2) is 36.4 Å². The van der Waals surface area contributed by atoms with Gasteiger partial charge in [-0.1, -0.05) is 0 Å². The van der Waals surface area contributed by atoms with Crippen molar-refractivity contribution in [1.82, 2.24) is 4.90 Å². The van der Waals surface area contributed by atoms with E-state index in [0.717, 1.165) is 4.90 Å². The molecule has 0 aliphatic heterocycles. The summed E-state index contributed by atoms with van der Waals surface area (Å²) < 4.78 is 24.5. The lowest BCUT2D eigenvalue weighted by atomic mass is 10.0. The molecule has 0 aromatic heterocycles. The van der Waals surface area contributed by atoms with Gasteiger partial charge in [0.05, 0.1) is 24.1 Å². The Labute approximate surface area is 161 Å². The number of halogens is 1. The molecular weight excluding hydrogens is 371 g/mol. The van der Waals surface area contributed by atoms with Crippen molar-refractivity contribution in [2.75, 3.05) is 7.11 Å². The van der Waals surface area contributed by atoms with E-state index >= 15 is 0 Å². The molecule has 9 heteroatoms. The van der Waals surface area contributed by atoms with Crippen LogP contribution in [0.25, 0.3) is 0 Å². The summed E-state index contributed by atoms with van der Waals surface area (Å²) in [7, 11) is 1.42. The first-order valence-corrected chi connectivity index (χ1v) is 8.32. The molecule has 0 atom stereocenters. The molecule has 0 bridgehead atoms. The van der Waals surface area contributed by atoms with Crippen molar-refractivity contribution in [3.05, 3.63) is 57.9 Å². The highest BCUT2D eigenvalue weighted by molar-refractivity contribution is 5.66. The van der Waals surface area contributed by atoms with E-state index in [-0.39, 0.29) is 29.3 Å². The van der Waals surface area contributed by atoms with Gasteiger partial charge in [-0.15, -0.1) is 0 Å². The second-order valence-electron chi connectivity index (χ2n) is 6.99. The van der Waals surface area contributed by atoms with Crippen molar-refractivity contribution in [2.24, 2.45) is 0 Å². The average Bonchev–Trinajstić information content (AvgIpc) is 2.60. The molecule has 28 heavy (non-hydrogen) atoms. The van der Waals surface area contributed by atoms with E-state index in [4.69, 9.17) is 9.47 Å². The molecule has 1 amide bonds. The minimum Gasteiger partial charge on any atom is -0.497 e. The molecule has 0 saturated carbocycles. The Hall–Kier alpha value is -3.36. The molecule has 2 rings (SSSR count). The van der Waals surface area contributed by atoms with Crippen molar-refractivity contribution in [3.63, 3.8) is 0 Å². The fourth-order valence-corrected chi connectivity index (χ4v) is 2.51. The molecule has 150 valence electrons. The highest BCUT2D eigenvalue weighted by Crippen LogP contribution is 2.32. The number of ether oxygens (including phenoxy) is 2. The van der Waals surface area contributed by atoms with Gasteiger partial charge in [-0.25, -0.2) is 9.18 Å². The van der Waals surface area contributed by atoms with E-state index in [0.29, 0.717) is 5.75 Å². The number of methoxy groups -OCH3 is 1. The number of hydrogen-bond donors (Lipinski definition) is 1. The summed E-state index contributed by atoms with van der Waals surface area (Å²) in [4.78, 5) is 23.4. The zero-order valence-electron chi connectivity index (χ0n) is 15.9. The Morgan fingerprint density at radius 3 is 2.39 bits per heavy atom. The summed E-state index contributed by atoms with van der Waals surface area (Å²) in [5.41, 5.74) is -0.910. The minimum atomic E-state index is -1.22. The monoisotopic (exact) mass is 392 g/mol. The largest absolute Gasteiger partial charge is 0.497 e. The molecule has 0 spiro atoms. The highest BCUT2D eigenvalue weighted by Gasteiger charge is 2.29. The lowest BCUT2D eigenvalue weighted by Crippen LogP contribution is -2.44. The summed E-state index contributed by atoms with van der Waals surface area (Å²) in [5.74, 6) is -0.247. The van der Waals surface area contributed by atoms with Gasteiger partial charge in [0.15, 0.2) is 11.6 Å². The molecule has 8 nitrogen and oxygen atoms in total. The standard InChI is InChI=1S/C19H21FN2O6/c1-19(2,3)21(18(23)24)11-12-9-14(6-8-16(12)22(25)26)28-17-10-13(27-4)5-7-15(17)20/h5-10H,11H2,1-4H3,(H,23,24). The van der Waals surface area contributed by atoms with Crippen LogP contribution in [0, 0.1) is 15.9 Å². The lowest BCUT2D eigenvalue weighted by Gasteiger charge is -2.33. The predicted octanol–water partition coefficient (Wildman–Crippen LogP) is 4.81. The van der Waals surface area contributed by atoms with E-state index < -0.39 is 22.4 Å². The molecule has 1 N–H and O–H groups in total. The van der Waals surface area contributed by atoms with E-state index in [9.17, 15) is 24.4 Å². The van der Waals surface area contributed by atoms with Crippen molar-refractivity contribution in [3.8, 4) is 17.2 Å². The Bertz CT molecular complexity index is 894.